The van der Waals surface area contributed by atoms with E-state index >= 15 is 0 Å². The Bertz CT molecular complexity index is 401. The largest absolute Gasteiger partial charge is 0.465 e. The molecule has 1 rings (SSSR count). The first kappa shape index (κ1) is 16.0. The fraction of sp³-hybridized carbons (Fsp3) is 0.625. The standard InChI is InChI=1S/C16H28N2O/c1-7-9-18(16(4,5)6)12-14-10-15(11-17-8-2)19-13(14)3/h7,10,17H,1,8-9,11-12H2,2-6H3. The number of furan rings is 1. The Kier molecular flexibility index (Phi) is 5.83. The normalized spacial score (nSPS) is 12.1. The third kappa shape index (κ3) is 4.84. The van der Waals surface area contributed by atoms with Crippen molar-refractivity contribution >= 4 is 0 Å². The first-order chi connectivity index (χ1) is 8.88. The molecule has 0 saturated carbocycles. The number of nitrogens with one attached hydrogen (secondary N) is 1. The molecule has 0 aromatic carbocycles. The van der Waals surface area contributed by atoms with Crippen LogP contribution in [0.1, 0.15) is 44.8 Å². The molecular formula is C16H28N2O. The summed E-state index contributed by atoms with van der Waals surface area (Å²) >= 11 is 0. The van der Waals surface area contributed by atoms with Gasteiger partial charge in [-0.15, -0.1) is 6.58 Å². The summed E-state index contributed by atoms with van der Waals surface area (Å²) in [5, 5.41) is 3.29. The van der Waals surface area contributed by atoms with Gasteiger partial charge in [0.2, 0.25) is 0 Å². The molecule has 1 aromatic rings. The van der Waals surface area contributed by atoms with Gasteiger partial charge >= 0.3 is 0 Å². The molecule has 0 aliphatic carbocycles. The van der Waals surface area contributed by atoms with E-state index in [1.54, 1.807) is 0 Å². The summed E-state index contributed by atoms with van der Waals surface area (Å²) in [6, 6.07) is 2.17. The molecule has 0 amide bonds. The number of hydrogen-bond acceptors (Lipinski definition) is 3. The van der Waals surface area contributed by atoms with Gasteiger partial charge in [0.1, 0.15) is 11.5 Å². The number of rotatable bonds is 7. The second-order valence-corrected chi connectivity index (χ2v) is 5.91. The molecule has 0 spiro atoms. The molecule has 3 heteroatoms. The van der Waals surface area contributed by atoms with Gasteiger partial charge in [-0.05, 0) is 40.3 Å². The minimum atomic E-state index is 0.125. The Labute approximate surface area is 117 Å². The van der Waals surface area contributed by atoms with E-state index in [1.807, 2.05) is 13.0 Å². The molecule has 1 heterocycles. The molecule has 0 bridgehead atoms. The zero-order valence-electron chi connectivity index (χ0n) is 13.0. The fourth-order valence-corrected chi connectivity index (χ4v) is 2.02. The van der Waals surface area contributed by atoms with Crippen LogP contribution in [0.3, 0.4) is 0 Å². The molecule has 0 radical (unpaired) electrons. The van der Waals surface area contributed by atoms with E-state index in [1.165, 1.54) is 5.56 Å². The van der Waals surface area contributed by atoms with Crippen LogP contribution in [0.4, 0.5) is 0 Å². The maximum absolute atomic E-state index is 5.79. The van der Waals surface area contributed by atoms with Crippen LogP contribution in [-0.2, 0) is 13.1 Å². The van der Waals surface area contributed by atoms with Crippen molar-refractivity contribution in [2.75, 3.05) is 13.1 Å². The van der Waals surface area contributed by atoms with Gasteiger partial charge in [0.25, 0.3) is 0 Å². The summed E-state index contributed by atoms with van der Waals surface area (Å²) in [6.07, 6.45) is 1.96. The van der Waals surface area contributed by atoms with E-state index in [4.69, 9.17) is 4.42 Å². The van der Waals surface area contributed by atoms with Crippen molar-refractivity contribution in [1.29, 1.82) is 0 Å². The van der Waals surface area contributed by atoms with E-state index in [2.05, 4.69) is 50.6 Å². The molecule has 19 heavy (non-hydrogen) atoms. The first-order valence-electron chi connectivity index (χ1n) is 7.03. The quantitative estimate of drug-likeness (QED) is 0.764. The fourth-order valence-electron chi connectivity index (χ4n) is 2.02. The molecular weight excluding hydrogens is 236 g/mol. The summed E-state index contributed by atoms with van der Waals surface area (Å²) in [6.45, 7) is 18.2. The second-order valence-electron chi connectivity index (χ2n) is 5.91. The maximum atomic E-state index is 5.79. The van der Waals surface area contributed by atoms with E-state index in [-0.39, 0.29) is 5.54 Å². The highest BCUT2D eigenvalue weighted by molar-refractivity contribution is 5.21. The summed E-state index contributed by atoms with van der Waals surface area (Å²) < 4.78 is 5.79. The van der Waals surface area contributed by atoms with Crippen molar-refractivity contribution in [3.63, 3.8) is 0 Å². The predicted octanol–water partition coefficient (Wildman–Crippen LogP) is 3.48. The van der Waals surface area contributed by atoms with Gasteiger partial charge in [0.15, 0.2) is 0 Å². The lowest BCUT2D eigenvalue weighted by Crippen LogP contribution is -2.40. The highest BCUT2D eigenvalue weighted by atomic mass is 16.3. The van der Waals surface area contributed by atoms with Crippen molar-refractivity contribution in [1.82, 2.24) is 10.2 Å². The predicted molar refractivity (Wildman–Crippen MR) is 81.2 cm³/mol. The number of hydrogen-bond donors (Lipinski definition) is 1. The molecule has 108 valence electrons. The SMILES string of the molecule is C=CCN(Cc1cc(CNCC)oc1C)C(C)(C)C. The number of nitrogens with zero attached hydrogens (tertiary/aromatic N) is 1. The van der Waals surface area contributed by atoms with Crippen molar-refractivity contribution in [3.8, 4) is 0 Å². The van der Waals surface area contributed by atoms with Gasteiger partial charge < -0.3 is 9.73 Å². The Morgan fingerprint density at radius 2 is 2.11 bits per heavy atom. The smallest absolute Gasteiger partial charge is 0.118 e. The summed E-state index contributed by atoms with van der Waals surface area (Å²) in [7, 11) is 0. The molecule has 1 N–H and O–H groups in total. The van der Waals surface area contributed by atoms with E-state index < -0.39 is 0 Å². The van der Waals surface area contributed by atoms with Crippen LogP contribution < -0.4 is 5.32 Å². The molecule has 0 fully saturated rings. The Morgan fingerprint density at radius 3 is 2.63 bits per heavy atom. The van der Waals surface area contributed by atoms with Gasteiger partial charge in [0.05, 0.1) is 6.54 Å². The molecule has 1 aromatic heterocycles. The molecule has 0 aliphatic heterocycles. The maximum Gasteiger partial charge on any atom is 0.118 e. The Morgan fingerprint density at radius 1 is 1.42 bits per heavy atom. The van der Waals surface area contributed by atoms with E-state index in [0.29, 0.717) is 0 Å². The summed E-state index contributed by atoms with van der Waals surface area (Å²) in [5.74, 6) is 2.04. The summed E-state index contributed by atoms with van der Waals surface area (Å²) in [5.41, 5.74) is 1.39. The highest BCUT2D eigenvalue weighted by Crippen LogP contribution is 2.21. The summed E-state index contributed by atoms with van der Waals surface area (Å²) in [4.78, 5) is 2.40. The van der Waals surface area contributed by atoms with Gasteiger partial charge in [-0.3, -0.25) is 4.90 Å². The van der Waals surface area contributed by atoms with Crippen LogP contribution in [0.2, 0.25) is 0 Å². The molecule has 0 aliphatic rings. The monoisotopic (exact) mass is 264 g/mol. The minimum Gasteiger partial charge on any atom is -0.465 e. The molecule has 0 unspecified atom stereocenters. The average molecular weight is 264 g/mol. The van der Waals surface area contributed by atoms with E-state index in [9.17, 15) is 0 Å². The lowest BCUT2D eigenvalue weighted by Gasteiger charge is -2.34. The zero-order valence-corrected chi connectivity index (χ0v) is 13.0. The van der Waals surface area contributed by atoms with Crippen molar-refractivity contribution in [2.45, 2.75) is 53.2 Å². The minimum absolute atomic E-state index is 0.125. The third-order valence-electron chi connectivity index (χ3n) is 3.28. The van der Waals surface area contributed by atoms with Crippen LogP contribution in [0.25, 0.3) is 0 Å². The van der Waals surface area contributed by atoms with Crippen LogP contribution in [0.5, 0.6) is 0 Å². The van der Waals surface area contributed by atoms with Crippen LogP contribution in [0, 0.1) is 6.92 Å². The third-order valence-corrected chi connectivity index (χ3v) is 3.28. The topological polar surface area (TPSA) is 28.4 Å². The van der Waals surface area contributed by atoms with Crippen molar-refractivity contribution in [2.24, 2.45) is 0 Å². The Hall–Kier alpha value is -1.06. The van der Waals surface area contributed by atoms with Gasteiger partial charge in [-0.25, -0.2) is 0 Å². The zero-order chi connectivity index (χ0) is 14.5. The second kappa shape index (κ2) is 6.92. The number of aryl methyl sites for hydroxylation is 1. The van der Waals surface area contributed by atoms with Gasteiger partial charge in [-0.1, -0.05) is 13.0 Å². The van der Waals surface area contributed by atoms with Crippen LogP contribution in [0.15, 0.2) is 23.1 Å². The lowest BCUT2D eigenvalue weighted by molar-refractivity contribution is 0.144. The van der Waals surface area contributed by atoms with Crippen LogP contribution in [-0.4, -0.2) is 23.5 Å². The molecule has 3 nitrogen and oxygen atoms in total. The van der Waals surface area contributed by atoms with Crippen molar-refractivity contribution in [3.05, 3.63) is 35.8 Å². The van der Waals surface area contributed by atoms with Gasteiger partial charge in [-0.2, -0.15) is 0 Å². The highest BCUT2D eigenvalue weighted by Gasteiger charge is 2.21. The van der Waals surface area contributed by atoms with Crippen molar-refractivity contribution < 1.29 is 4.42 Å². The molecule has 0 saturated heterocycles. The molecule has 0 atom stereocenters. The van der Waals surface area contributed by atoms with Crippen LogP contribution >= 0.6 is 0 Å². The Balaban J connectivity index is 2.78. The average Bonchev–Trinajstić information content (AvgIpc) is 2.66. The van der Waals surface area contributed by atoms with Gasteiger partial charge in [0, 0.05) is 24.2 Å². The van der Waals surface area contributed by atoms with E-state index in [0.717, 1.165) is 37.7 Å². The first-order valence-corrected chi connectivity index (χ1v) is 7.03. The lowest BCUT2D eigenvalue weighted by atomic mass is 10.0.